The van der Waals surface area contributed by atoms with Gasteiger partial charge in [-0.3, -0.25) is 9.10 Å². The summed E-state index contributed by atoms with van der Waals surface area (Å²) in [7, 11) is -6.86. The van der Waals surface area contributed by atoms with E-state index in [0.717, 1.165) is 18.4 Å². The fourth-order valence-electron chi connectivity index (χ4n) is 4.33. The molecule has 178 valence electrons. The number of nitrogens with one attached hydrogen (secondary N) is 1. The molecule has 2 aliphatic heterocycles. The molecule has 2 saturated heterocycles. The van der Waals surface area contributed by atoms with Crippen molar-refractivity contribution >= 4 is 31.6 Å². The van der Waals surface area contributed by atoms with Gasteiger partial charge in [-0.25, -0.2) is 21.6 Å². The lowest BCUT2D eigenvalue weighted by Crippen LogP contribution is -2.43. The van der Waals surface area contributed by atoms with Crippen LogP contribution in [-0.4, -0.2) is 59.6 Å². The third kappa shape index (κ3) is 5.39. The van der Waals surface area contributed by atoms with Gasteiger partial charge in [-0.2, -0.15) is 0 Å². The molecule has 10 heteroatoms. The number of rotatable bonds is 6. The second-order valence-corrected chi connectivity index (χ2v) is 12.5. The molecule has 1 atom stereocenters. The highest BCUT2D eigenvalue weighted by Gasteiger charge is 2.29. The van der Waals surface area contributed by atoms with Crippen LogP contribution in [0.1, 0.15) is 35.2 Å². The minimum absolute atomic E-state index is 0.0249. The lowest BCUT2D eigenvalue weighted by atomic mass is 9.97. The third-order valence-electron chi connectivity index (χ3n) is 6.20. The molecule has 2 aromatic carbocycles. The summed E-state index contributed by atoms with van der Waals surface area (Å²) in [6.45, 7) is 3.72. The Morgan fingerprint density at radius 3 is 2.36 bits per heavy atom. The zero-order valence-corrected chi connectivity index (χ0v) is 20.2. The topological polar surface area (TPSA) is 104 Å². The second kappa shape index (κ2) is 9.44. The maximum absolute atomic E-state index is 13.0. The number of piperidine rings is 1. The molecule has 4 rings (SSSR count). The Morgan fingerprint density at radius 2 is 1.73 bits per heavy atom. The zero-order valence-electron chi connectivity index (χ0n) is 18.6. The van der Waals surface area contributed by atoms with Gasteiger partial charge in [-0.1, -0.05) is 17.7 Å². The molecule has 1 unspecified atom stereocenters. The van der Waals surface area contributed by atoms with Crippen LogP contribution in [0.15, 0.2) is 53.4 Å². The summed E-state index contributed by atoms with van der Waals surface area (Å²) in [5, 5.41) is 0. The number of likely N-dealkylation sites (tertiary alicyclic amines) is 1. The first-order valence-corrected chi connectivity index (χ1v) is 14.2. The van der Waals surface area contributed by atoms with Gasteiger partial charge in [0.15, 0.2) is 0 Å². The number of amides is 1. The molecule has 2 aliphatic rings. The van der Waals surface area contributed by atoms with E-state index in [-0.39, 0.29) is 29.0 Å². The van der Waals surface area contributed by atoms with Gasteiger partial charge in [0.1, 0.15) is 0 Å². The predicted octanol–water partition coefficient (Wildman–Crippen LogP) is 2.37. The average Bonchev–Trinajstić information content (AvgIpc) is 3.17. The van der Waals surface area contributed by atoms with E-state index >= 15 is 0 Å². The average molecular weight is 492 g/mol. The smallest absolute Gasteiger partial charge is 0.253 e. The van der Waals surface area contributed by atoms with Gasteiger partial charge in [0.05, 0.1) is 16.3 Å². The summed E-state index contributed by atoms with van der Waals surface area (Å²) in [6, 6.07) is 13.4. The Kier molecular flexibility index (Phi) is 6.78. The van der Waals surface area contributed by atoms with E-state index in [2.05, 4.69) is 4.72 Å². The van der Waals surface area contributed by atoms with E-state index in [1.54, 1.807) is 53.4 Å². The van der Waals surface area contributed by atoms with Crippen molar-refractivity contribution in [1.29, 1.82) is 0 Å². The molecular weight excluding hydrogens is 462 g/mol. The number of hydrogen-bond acceptors (Lipinski definition) is 5. The quantitative estimate of drug-likeness (QED) is 0.668. The molecule has 2 heterocycles. The minimum Gasteiger partial charge on any atom is -0.338 e. The van der Waals surface area contributed by atoms with Crippen LogP contribution in [0.25, 0.3) is 0 Å². The Morgan fingerprint density at radius 1 is 1.03 bits per heavy atom. The Balaban J connectivity index is 1.37. The second-order valence-electron chi connectivity index (χ2n) is 8.71. The Labute approximate surface area is 195 Å². The summed E-state index contributed by atoms with van der Waals surface area (Å²) in [6.07, 6.45) is 2.24. The van der Waals surface area contributed by atoms with Crippen molar-refractivity contribution in [2.45, 2.75) is 31.1 Å². The highest BCUT2D eigenvalue weighted by molar-refractivity contribution is 7.93. The fourth-order valence-corrected chi connectivity index (χ4v) is 7.01. The van der Waals surface area contributed by atoms with Crippen LogP contribution >= 0.6 is 0 Å². The SMILES string of the molecule is Cc1ccc(S(=O)(=O)NCC2CCCN(C(=O)c3ccc(N4CCCS4(=O)=O)cc3)C2)cc1. The monoisotopic (exact) mass is 491 g/mol. The summed E-state index contributed by atoms with van der Waals surface area (Å²) >= 11 is 0. The molecule has 0 aromatic heterocycles. The summed E-state index contributed by atoms with van der Waals surface area (Å²) in [5.74, 6) is 0.0464. The van der Waals surface area contributed by atoms with Crippen LogP contribution in [0.4, 0.5) is 5.69 Å². The van der Waals surface area contributed by atoms with Crippen molar-refractivity contribution in [1.82, 2.24) is 9.62 Å². The number of hydrogen-bond donors (Lipinski definition) is 1. The van der Waals surface area contributed by atoms with Gasteiger partial charge < -0.3 is 4.90 Å². The molecule has 0 saturated carbocycles. The molecule has 1 N–H and O–H groups in total. The van der Waals surface area contributed by atoms with Gasteiger partial charge >= 0.3 is 0 Å². The first kappa shape index (κ1) is 23.7. The van der Waals surface area contributed by atoms with Crippen LogP contribution in [-0.2, 0) is 20.0 Å². The molecule has 1 amide bonds. The normalized spacial score (nSPS) is 20.7. The van der Waals surface area contributed by atoms with Crippen molar-refractivity contribution < 1.29 is 21.6 Å². The summed E-state index contributed by atoms with van der Waals surface area (Å²) in [5.41, 5.74) is 2.06. The summed E-state index contributed by atoms with van der Waals surface area (Å²) < 4.78 is 53.4. The van der Waals surface area contributed by atoms with Gasteiger partial charge in [-0.15, -0.1) is 0 Å². The van der Waals surface area contributed by atoms with Crippen molar-refractivity contribution in [3.63, 3.8) is 0 Å². The molecule has 33 heavy (non-hydrogen) atoms. The van der Waals surface area contributed by atoms with Gasteiger partial charge in [0.2, 0.25) is 20.0 Å². The third-order valence-corrected chi connectivity index (χ3v) is 9.51. The Bertz CT molecular complexity index is 1210. The maximum atomic E-state index is 13.0. The number of aryl methyl sites for hydroxylation is 1. The lowest BCUT2D eigenvalue weighted by Gasteiger charge is -2.33. The minimum atomic E-state index is -3.60. The zero-order chi connectivity index (χ0) is 23.6. The molecule has 0 aliphatic carbocycles. The number of benzene rings is 2. The van der Waals surface area contributed by atoms with E-state index in [4.69, 9.17) is 0 Å². The number of carbonyl (C=O) groups excluding carboxylic acids is 1. The van der Waals surface area contributed by atoms with Crippen LogP contribution in [0.5, 0.6) is 0 Å². The lowest BCUT2D eigenvalue weighted by molar-refractivity contribution is 0.0676. The van der Waals surface area contributed by atoms with Crippen LogP contribution in [0.2, 0.25) is 0 Å². The fraction of sp³-hybridized carbons (Fsp3) is 0.435. The first-order valence-electron chi connectivity index (χ1n) is 11.1. The molecule has 0 spiro atoms. The van der Waals surface area contributed by atoms with E-state index in [1.165, 1.54) is 4.31 Å². The highest BCUT2D eigenvalue weighted by Crippen LogP contribution is 2.25. The van der Waals surface area contributed by atoms with Crippen molar-refractivity contribution in [3.05, 3.63) is 59.7 Å². The van der Waals surface area contributed by atoms with Gasteiger partial charge in [0, 0.05) is 31.7 Å². The number of sulfonamides is 2. The first-order chi connectivity index (χ1) is 15.7. The van der Waals surface area contributed by atoms with Crippen molar-refractivity contribution in [3.8, 4) is 0 Å². The van der Waals surface area contributed by atoms with E-state index in [0.29, 0.717) is 37.3 Å². The Hall–Kier alpha value is -2.43. The largest absolute Gasteiger partial charge is 0.338 e. The van der Waals surface area contributed by atoms with Gasteiger partial charge in [0.25, 0.3) is 5.91 Å². The standard InChI is InChI=1S/C23H29N3O5S2/c1-18-5-11-22(12-6-18)33(30,31)24-16-19-4-2-13-25(17-19)23(27)20-7-9-21(10-8-20)26-14-3-15-32(26,28)29/h5-12,19,24H,2-4,13-17H2,1H3. The molecule has 0 radical (unpaired) electrons. The molecule has 2 fully saturated rings. The van der Waals surface area contributed by atoms with Crippen molar-refractivity contribution in [2.24, 2.45) is 5.92 Å². The molecule has 2 aromatic rings. The van der Waals surface area contributed by atoms with Crippen molar-refractivity contribution in [2.75, 3.05) is 36.2 Å². The van der Waals surface area contributed by atoms with Crippen LogP contribution in [0, 0.1) is 12.8 Å². The molecule has 8 nitrogen and oxygen atoms in total. The van der Waals surface area contributed by atoms with Crippen LogP contribution < -0.4 is 9.03 Å². The van der Waals surface area contributed by atoms with E-state index < -0.39 is 20.0 Å². The number of carbonyl (C=O) groups is 1. The number of anilines is 1. The molecular formula is C23H29N3O5S2. The van der Waals surface area contributed by atoms with E-state index in [9.17, 15) is 21.6 Å². The maximum Gasteiger partial charge on any atom is 0.253 e. The van der Waals surface area contributed by atoms with Crippen LogP contribution in [0.3, 0.4) is 0 Å². The molecule has 0 bridgehead atoms. The summed E-state index contributed by atoms with van der Waals surface area (Å²) in [4.78, 5) is 15.0. The van der Waals surface area contributed by atoms with Gasteiger partial charge in [-0.05, 0) is 68.5 Å². The highest BCUT2D eigenvalue weighted by atomic mass is 32.2. The van der Waals surface area contributed by atoms with E-state index in [1.807, 2.05) is 6.92 Å². The number of nitrogens with zero attached hydrogens (tertiary/aromatic N) is 2. The predicted molar refractivity (Wildman–Crippen MR) is 127 cm³/mol.